The maximum Gasteiger partial charge on any atom is 0.274 e. The summed E-state index contributed by atoms with van der Waals surface area (Å²) in [6.45, 7) is 2.36. The van der Waals surface area contributed by atoms with Crippen molar-refractivity contribution in [3.05, 3.63) is 17.9 Å². The molecule has 1 heterocycles. The van der Waals surface area contributed by atoms with E-state index in [-0.39, 0.29) is 17.7 Å². The highest BCUT2D eigenvalue weighted by Crippen LogP contribution is 2.25. The molecule has 2 rings (SSSR count). The minimum absolute atomic E-state index is 0.0187. The fourth-order valence-corrected chi connectivity index (χ4v) is 3.66. The number of rotatable bonds is 4. The fraction of sp³-hybridized carbons (Fsp3) is 0.667. The number of furan rings is 1. The lowest BCUT2D eigenvalue weighted by atomic mass is 9.88. The molecule has 0 amide bonds. The van der Waals surface area contributed by atoms with E-state index >= 15 is 0 Å². The molecule has 0 aromatic carbocycles. The predicted octanol–water partition coefficient (Wildman–Crippen LogP) is 1.60. The molecule has 1 aliphatic carbocycles. The second-order valence-electron chi connectivity index (χ2n) is 5.01. The van der Waals surface area contributed by atoms with Crippen LogP contribution in [0.15, 0.2) is 21.6 Å². The number of nitrogens with two attached hydrogens (primary N) is 1. The molecule has 1 aliphatic rings. The van der Waals surface area contributed by atoms with Crippen LogP contribution in [0.5, 0.6) is 0 Å². The van der Waals surface area contributed by atoms with Gasteiger partial charge in [0.05, 0.1) is 6.54 Å². The zero-order valence-electron chi connectivity index (χ0n) is 10.6. The van der Waals surface area contributed by atoms with Crippen LogP contribution in [-0.2, 0) is 16.6 Å². The number of hydrogen-bond donors (Lipinski definition) is 2. The van der Waals surface area contributed by atoms with Crippen LogP contribution < -0.4 is 10.5 Å². The second kappa shape index (κ2) is 5.42. The van der Waals surface area contributed by atoms with Gasteiger partial charge in [0.25, 0.3) is 10.0 Å². The van der Waals surface area contributed by atoms with Gasteiger partial charge in [0.2, 0.25) is 5.09 Å². The quantitative estimate of drug-likeness (QED) is 0.871. The van der Waals surface area contributed by atoms with Crippen LogP contribution in [0.4, 0.5) is 0 Å². The highest BCUT2D eigenvalue weighted by molar-refractivity contribution is 7.89. The first kappa shape index (κ1) is 13.6. The molecule has 1 aromatic rings. The van der Waals surface area contributed by atoms with Gasteiger partial charge in [-0.25, -0.2) is 13.1 Å². The van der Waals surface area contributed by atoms with Gasteiger partial charge in [0.15, 0.2) is 0 Å². The van der Waals surface area contributed by atoms with Crippen molar-refractivity contribution in [1.82, 2.24) is 4.72 Å². The van der Waals surface area contributed by atoms with Crippen LogP contribution in [-0.4, -0.2) is 14.5 Å². The maximum absolute atomic E-state index is 12.1. The summed E-state index contributed by atoms with van der Waals surface area (Å²) < 4.78 is 32.1. The Morgan fingerprint density at radius 1 is 1.44 bits per heavy atom. The van der Waals surface area contributed by atoms with Crippen molar-refractivity contribution in [2.24, 2.45) is 11.7 Å². The van der Waals surface area contributed by atoms with E-state index in [0.717, 1.165) is 19.3 Å². The largest absolute Gasteiger partial charge is 0.447 e. The van der Waals surface area contributed by atoms with Gasteiger partial charge in [0.1, 0.15) is 5.76 Å². The van der Waals surface area contributed by atoms with E-state index in [9.17, 15) is 8.42 Å². The van der Waals surface area contributed by atoms with Crippen LogP contribution in [0.1, 0.15) is 38.4 Å². The first-order valence-electron chi connectivity index (χ1n) is 6.32. The molecule has 0 saturated heterocycles. The summed E-state index contributed by atoms with van der Waals surface area (Å²) in [7, 11) is -3.54. The summed E-state index contributed by atoms with van der Waals surface area (Å²) in [4.78, 5) is 0. The van der Waals surface area contributed by atoms with Gasteiger partial charge in [-0.05, 0) is 30.9 Å². The average molecular weight is 272 g/mol. The van der Waals surface area contributed by atoms with E-state index in [0.29, 0.717) is 11.7 Å². The minimum Gasteiger partial charge on any atom is -0.447 e. The Kier molecular flexibility index (Phi) is 4.09. The lowest BCUT2D eigenvalue weighted by Gasteiger charge is -2.26. The van der Waals surface area contributed by atoms with Gasteiger partial charge in [0, 0.05) is 6.04 Å². The first-order chi connectivity index (χ1) is 8.51. The Hall–Kier alpha value is -0.850. The molecule has 102 valence electrons. The van der Waals surface area contributed by atoms with Crippen LogP contribution in [0.2, 0.25) is 0 Å². The summed E-state index contributed by atoms with van der Waals surface area (Å²) in [5.74, 6) is 1.05. The maximum atomic E-state index is 12.1. The minimum atomic E-state index is -3.54. The average Bonchev–Trinajstić information content (AvgIpc) is 2.77. The predicted molar refractivity (Wildman–Crippen MR) is 68.3 cm³/mol. The van der Waals surface area contributed by atoms with Crippen LogP contribution in [0, 0.1) is 5.92 Å². The summed E-state index contributed by atoms with van der Waals surface area (Å²) in [5, 5.41) is -0.0406. The molecule has 1 aromatic heterocycles. The van der Waals surface area contributed by atoms with Crippen molar-refractivity contribution < 1.29 is 12.8 Å². The third kappa shape index (κ3) is 3.13. The van der Waals surface area contributed by atoms with Gasteiger partial charge >= 0.3 is 0 Å². The summed E-state index contributed by atoms with van der Waals surface area (Å²) in [5.41, 5.74) is 5.40. The van der Waals surface area contributed by atoms with E-state index in [4.69, 9.17) is 10.2 Å². The molecule has 2 atom stereocenters. The van der Waals surface area contributed by atoms with Crippen molar-refractivity contribution >= 4 is 10.0 Å². The Morgan fingerprint density at radius 2 is 2.22 bits per heavy atom. The Morgan fingerprint density at radius 3 is 2.83 bits per heavy atom. The van der Waals surface area contributed by atoms with Crippen LogP contribution >= 0.6 is 0 Å². The molecule has 5 nitrogen and oxygen atoms in total. The van der Waals surface area contributed by atoms with Crippen molar-refractivity contribution in [1.29, 1.82) is 0 Å². The second-order valence-corrected chi connectivity index (χ2v) is 6.66. The molecule has 0 radical (unpaired) electrons. The van der Waals surface area contributed by atoms with Crippen molar-refractivity contribution in [2.75, 3.05) is 0 Å². The molecular weight excluding hydrogens is 252 g/mol. The molecule has 3 N–H and O–H groups in total. The SMILES string of the molecule is CC1CCCC(NS(=O)(=O)c2ccc(CN)o2)C1. The lowest BCUT2D eigenvalue weighted by molar-refractivity contribution is 0.324. The zero-order chi connectivity index (χ0) is 13.2. The van der Waals surface area contributed by atoms with Gasteiger partial charge in [-0.15, -0.1) is 0 Å². The van der Waals surface area contributed by atoms with Gasteiger partial charge in [-0.1, -0.05) is 19.8 Å². The molecule has 2 unspecified atom stereocenters. The Labute approximate surface area is 108 Å². The van der Waals surface area contributed by atoms with E-state index in [2.05, 4.69) is 11.6 Å². The molecule has 0 bridgehead atoms. The third-order valence-electron chi connectivity index (χ3n) is 3.36. The standard InChI is InChI=1S/C12H20N2O3S/c1-9-3-2-4-10(7-9)14-18(15,16)12-6-5-11(8-13)17-12/h5-6,9-10,14H,2-4,7-8,13H2,1H3. The summed E-state index contributed by atoms with van der Waals surface area (Å²) in [6, 6.07) is 3.07. The number of hydrogen-bond acceptors (Lipinski definition) is 4. The molecule has 6 heteroatoms. The first-order valence-corrected chi connectivity index (χ1v) is 7.80. The monoisotopic (exact) mass is 272 g/mol. The smallest absolute Gasteiger partial charge is 0.274 e. The number of nitrogens with one attached hydrogen (secondary N) is 1. The van der Waals surface area contributed by atoms with Gasteiger partial charge in [-0.3, -0.25) is 0 Å². The highest BCUT2D eigenvalue weighted by atomic mass is 32.2. The molecule has 18 heavy (non-hydrogen) atoms. The third-order valence-corrected chi connectivity index (χ3v) is 4.75. The molecular formula is C12H20N2O3S. The number of sulfonamides is 1. The van der Waals surface area contributed by atoms with Crippen LogP contribution in [0.3, 0.4) is 0 Å². The summed E-state index contributed by atoms with van der Waals surface area (Å²) >= 11 is 0. The molecule has 0 aliphatic heterocycles. The van der Waals surface area contributed by atoms with Gasteiger partial charge in [-0.2, -0.15) is 0 Å². The van der Waals surface area contributed by atoms with E-state index in [1.165, 1.54) is 12.5 Å². The van der Waals surface area contributed by atoms with Crippen molar-refractivity contribution in [3.8, 4) is 0 Å². The van der Waals surface area contributed by atoms with Crippen molar-refractivity contribution in [3.63, 3.8) is 0 Å². The lowest BCUT2D eigenvalue weighted by Crippen LogP contribution is -2.37. The van der Waals surface area contributed by atoms with Gasteiger partial charge < -0.3 is 10.2 Å². The van der Waals surface area contributed by atoms with E-state index < -0.39 is 10.0 Å². The molecule has 1 fully saturated rings. The molecule has 1 saturated carbocycles. The van der Waals surface area contributed by atoms with Crippen molar-refractivity contribution in [2.45, 2.75) is 50.3 Å². The Balaban J connectivity index is 2.06. The van der Waals surface area contributed by atoms with E-state index in [1.807, 2.05) is 0 Å². The molecule has 0 spiro atoms. The highest BCUT2D eigenvalue weighted by Gasteiger charge is 2.26. The topological polar surface area (TPSA) is 85.3 Å². The fourth-order valence-electron chi connectivity index (χ4n) is 2.43. The van der Waals surface area contributed by atoms with E-state index in [1.54, 1.807) is 6.07 Å². The normalized spacial score (nSPS) is 25.2. The Bertz CT molecular complexity index is 495. The zero-order valence-corrected chi connectivity index (χ0v) is 11.4. The summed E-state index contributed by atoms with van der Waals surface area (Å²) in [6.07, 6.45) is 4.04. The van der Waals surface area contributed by atoms with Crippen LogP contribution in [0.25, 0.3) is 0 Å².